The zero-order valence-electron chi connectivity index (χ0n) is 17.5. The normalized spacial score (nSPS) is 11.4. The number of aryl methyl sites for hydroxylation is 2. The minimum atomic E-state index is -4.42. The van der Waals surface area contributed by atoms with E-state index in [0.29, 0.717) is 21.9 Å². The van der Waals surface area contributed by atoms with Gasteiger partial charge >= 0.3 is 0 Å². The molecule has 0 bridgehead atoms. The van der Waals surface area contributed by atoms with Crippen LogP contribution in [0.5, 0.6) is 11.5 Å². The molecule has 0 aromatic heterocycles. The summed E-state index contributed by atoms with van der Waals surface area (Å²) in [4.78, 5) is -0.175. The van der Waals surface area contributed by atoms with Crippen LogP contribution in [0.3, 0.4) is 0 Å². The molecule has 0 radical (unpaired) electrons. The molecule has 7 heteroatoms. The van der Waals surface area contributed by atoms with Gasteiger partial charge in [0, 0.05) is 16.1 Å². The van der Waals surface area contributed by atoms with Crippen molar-refractivity contribution in [2.45, 2.75) is 30.6 Å². The van der Waals surface area contributed by atoms with Gasteiger partial charge in [0.2, 0.25) is 0 Å². The largest absolute Gasteiger partial charge is 0.496 e. The van der Waals surface area contributed by atoms with Crippen molar-refractivity contribution in [2.75, 3.05) is 14.2 Å². The summed E-state index contributed by atoms with van der Waals surface area (Å²) < 4.78 is 44.5. The van der Waals surface area contributed by atoms with Gasteiger partial charge in [-0.2, -0.15) is 8.42 Å². The van der Waals surface area contributed by atoms with Crippen LogP contribution in [0.15, 0.2) is 65.6 Å². The Hall–Kier alpha value is -2.54. The molecule has 0 aliphatic rings. The van der Waals surface area contributed by atoms with Gasteiger partial charge in [0.05, 0.1) is 14.2 Å². The van der Waals surface area contributed by atoms with Gasteiger partial charge in [0.25, 0.3) is 10.1 Å². The molecule has 0 aliphatic heterocycles. The molecule has 0 fully saturated rings. The lowest BCUT2D eigenvalue weighted by Crippen LogP contribution is -2.03. The smallest absolute Gasteiger partial charge is 0.295 e. The number of benzene rings is 3. The molecule has 0 unspecified atom stereocenters. The molecule has 0 aliphatic carbocycles. The molecule has 0 saturated carbocycles. The molecule has 31 heavy (non-hydrogen) atoms. The number of hydrogen-bond acceptors (Lipinski definition) is 4. The SMILES string of the molecule is COc1ccccc1CCCCc1ccc(S(=O)(=O)O)c(-c2cc(Cl)ccc2OC)c1. The van der Waals surface area contributed by atoms with Gasteiger partial charge in [-0.3, -0.25) is 4.55 Å². The Morgan fingerprint density at radius 1 is 0.839 bits per heavy atom. The Balaban J connectivity index is 1.83. The first-order chi connectivity index (χ1) is 14.8. The number of unbranched alkanes of at least 4 members (excludes halogenated alkanes) is 1. The highest BCUT2D eigenvalue weighted by Crippen LogP contribution is 2.37. The first-order valence-electron chi connectivity index (χ1n) is 9.89. The summed E-state index contributed by atoms with van der Waals surface area (Å²) in [5.74, 6) is 1.36. The summed E-state index contributed by atoms with van der Waals surface area (Å²) in [6.45, 7) is 0. The van der Waals surface area contributed by atoms with Gasteiger partial charge in [-0.05, 0) is 73.2 Å². The Morgan fingerprint density at radius 3 is 2.26 bits per heavy atom. The number of methoxy groups -OCH3 is 2. The Kier molecular flexibility index (Phi) is 7.59. The molecule has 3 aromatic rings. The van der Waals surface area contributed by atoms with Gasteiger partial charge < -0.3 is 9.47 Å². The van der Waals surface area contributed by atoms with Crippen molar-refractivity contribution in [3.8, 4) is 22.6 Å². The van der Waals surface area contributed by atoms with E-state index in [4.69, 9.17) is 21.1 Å². The predicted molar refractivity (Wildman–Crippen MR) is 123 cm³/mol. The molecule has 0 atom stereocenters. The quantitative estimate of drug-likeness (QED) is 0.321. The van der Waals surface area contributed by atoms with Gasteiger partial charge in [-0.15, -0.1) is 0 Å². The predicted octanol–water partition coefficient (Wildman–Crippen LogP) is 5.84. The third-order valence-corrected chi connectivity index (χ3v) is 6.27. The van der Waals surface area contributed by atoms with E-state index in [1.54, 1.807) is 37.4 Å². The lowest BCUT2D eigenvalue weighted by atomic mass is 9.98. The molecule has 3 aromatic carbocycles. The Labute approximate surface area is 188 Å². The van der Waals surface area contributed by atoms with E-state index >= 15 is 0 Å². The molecule has 1 N–H and O–H groups in total. The van der Waals surface area contributed by atoms with E-state index in [1.165, 1.54) is 13.2 Å². The fourth-order valence-corrected chi connectivity index (χ4v) is 4.47. The van der Waals surface area contributed by atoms with Crippen molar-refractivity contribution in [1.82, 2.24) is 0 Å². The van der Waals surface area contributed by atoms with Crippen LogP contribution >= 0.6 is 11.6 Å². The van der Waals surface area contributed by atoms with Crippen LogP contribution in [0, 0.1) is 0 Å². The van der Waals surface area contributed by atoms with E-state index in [9.17, 15) is 13.0 Å². The summed E-state index contributed by atoms with van der Waals surface area (Å²) in [6, 6.07) is 17.9. The number of halogens is 1. The van der Waals surface area contributed by atoms with Crippen molar-refractivity contribution in [3.05, 3.63) is 76.8 Å². The van der Waals surface area contributed by atoms with Crippen LogP contribution < -0.4 is 9.47 Å². The average molecular weight is 461 g/mol. The minimum Gasteiger partial charge on any atom is -0.496 e. The van der Waals surface area contributed by atoms with E-state index in [0.717, 1.165) is 42.6 Å². The van der Waals surface area contributed by atoms with E-state index < -0.39 is 10.1 Å². The fraction of sp³-hybridized carbons (Fsp3) is 0.250. The lowest BCUT2D eigenvalue weighted by Gasteiger charge is -2.14. The molecule has 0 spiro atoms. The lowest BCUT2D eigenvalue weighted by molar-refractivity contribution is 0.409. The summed E-state index contributed by atoms with van der Waals surface area (Å²) in [7, 11) is -1.25. The van der Waals surface area contributed by atoms with E-state index in [-0.39, 0.29) is 4.90 Å². The number of ether oxygens (including phenoxy) is 2. The van der Waals surface area contributed by atoms with Crippen LogP contribution in [-0.2, 0) is 23.0 Å². The molecule has 164 valence electrons. The number of rotatable bonds is 9. The Bertz CT molecular complexity index is 1160. The fourth-order valence-electron chi connectivity index (χ4n) is 3.61. The van der Waals surface area contributed by atoms with Crippen molar-refractivity contribution >= 4 is 21.7 Å². The maximum absolute atomic E-state index is 12.0. The van der Waals surface area contributed by atoms with Crippen LogP contribution in [0.1, 0.15) is 24.0 Å². The number of para-hydroxylation sites is 1. The van der Waals surface area contributed by atoms with E-state index in [2.05, 4.69) is 6.07 Å². The van der Waals surface area contributed by atoms with Gasteiger partial charge in [0.15, 0.2) is 0 Å². The maximum Gasteiger partial charge on any atom is 0.295 e. The van der Waals surface area contributed by atoms with Crippen LogP contribution in [0.2, 0.25) is 5.02 Å². The second kappa shape index (κ2) is 10.2. The summed E-state index contributed by atoms with van der Waals surface area (Å²) in [5, 5.41) is 0.444. The average Bonchev–Trinajstić information content (AvgIpc) is 2.76. The van der Waals surface area contributed by atoms with Crippen LogP contribution in [-0.4, -0.2) is 27.2 Å². The first-order valence-corrected chi connectivity index (χ1v) is 11.7. The maximum atomic E-state index is 12.0. The third kappa shape index (κ3) is 5.79. The van der Waals surface area contributed by atoms with Crippen LogP contribution in [0.25, 0.3) is 11.1 Å². The second-order valence-electron chi connectivity index (χ2n) is 7.17. The molecule has 0 amide bonds. The Morgan fingerprint density at radius 2 is 1.55 bits per heavy atom. The number of hydrogen-bond donors (Lipinski definition) is 1. The summed E-state index contributed by atoms with van der Waals surface area (Å²) >= 11 is 6.14. The standard InChI is InChI=1S/C24H25ClO5S/c1-29-22-10-6-5-9-18(22)8-4-3-7-17-11-14-24(31(26,27)28)21(15-17)20-16-19(25)12-13-23(20)30-2/h5-6,9-16H,3-4,7-8H2,1-2H3,(H,26,27,28). The molecule has 3 rings (SSSR count). The highest BCUT2D eigenvalue weighted by atomic mass is 35.5. The minimum absolute atomic E-state index is 0.175. The van der Waals surface area contributed by atoms with Crippen molar-refractivity contribution in [1.29, 1.82) is 0 Å². The van der Waals surface area contributed by atoms with E-state index in [1.807, 2.05) is 18.2 Å². The molecular weight excluding hydrogens is 436 g/mol. The van der Waals surface area contributed by atoms with Gasteiger partial charge in [-0.1, -0.05) is 35.9 Å². The summed E-state index contributed by atoms with van der Waals surface area (Å²) in [6.07, 6.45) is 3.52. The van der Waals surface area contributed by atoms with Gasteiger partial charge in [0.1, 0.15) is 16.4 Å². The second-order valence-corrected chi connectivity index (χ2v) is 9.00. The monoisotopic (exact) mass is 460 g/mol. The topological polar surface area (TPSA) is 72.8 Å². The summed E-state index contributed by atoms with van der Waals surface area (Å²) in [5.41, 5.74) is 3.00. The van der Waals surface area contributed by atoms with Gasteiger partial charge in [-0.25, -0.2) is 0 Å². The van der Waals surface area contributed by atoms with Crippen molar-refractivity contribution < 1.29 is 22.4 Å². The molecule has 0 saturated heterocycles. The zero-order chi connectivity index (χ0) is 22.4. The highest BCUT2D eigenvalue weighted by Gasteiger charge is 2.20. The third-order valence-electron chi connectivity index (χ3n) is 5.13. The van der Waals surface area contributed by atoms with Crippen molar-refractivity contribution in [2.24, 2.45) is 0 Å². The van der Waals surface area contributed by atoms with Crippen LogP contribution in [0.4, 0.5) is 0 Å². The van der Waals surface area contributed by atoms with Crippen molar-refractivity contribution in [3.63, 3.8) is 0 Å². The molecule has 0 heterocycles. The first kappa shape index (κ1) is 23.1. The molecular formula is C24H25ClO5S. The molecule has 5 nitrogen and oxygen atoms in total. The highest BCUT2D eigenvalue weighted by molar-refractivity contribution is 7.86. The zero-order valence-corrected chi connectivity index (χ0v) is 19.0.